The summed E-state index contributed by atoms with van der Waals surface area (Å²) in [4.78, 5) is 12.2. The Morgan fingerprint density at radius 3 is 2.47 bits per heavy atom. The van der Waals surface area contributed by atoms with Crippen LogP contribution in [-0.4, -0.2) is 5.97 Å². The molecule has 2 nitrogen and oxygen atoms in total. The minimum absolute atomic E-state index is 0.0261. The van der Waals surface area contributed by atoms with E-state index in [0.29, 0.717) is 11.2 Å². The molecule has 0 aromatic rings. The molecule has 0 spiro atoms. The first kappa shape index (κ1) is 12.0. The Kier molecular flexibility index (Phi) is 2.30. The van der Waals surface area contributed by atoms with Crippen LogP contribution < -0.4 is 0 Å². The highest BCUT2D eigenvalue weighted by Gasteiger charge is 2.61. The molecule has 1 saturated heterocycles. The molecule has 19 heavy (non-hydrogen) atoms. The molecule has 5 aliphatic rings. The number of hydrogen-bond donors (Lipinski definition) is 0. The molecule has 4 aliphatic carbocycles. The molecule has 0 amide bonds. The average Bonchev–Trinajstić information content (AvgIpc) is 2.67. The van der Waals surface area contributed by atoms with E-state index in [4.69, 9.17) is 4.74 Å². The molecule has 104 valence electrons. The number of ether oxygens (including phenoxy) is 1. The molecule has 4 bridgehead atoms. The molecule has 1 heterocycles. The number of rotatable bonds is 2. The van der Waals surface area contributed by atoms with E-state index < -0.39 is 0 Å². The van der Waals surface area contributed by atoms with Crippen LogP contribution >= 0.6 is 0 Å². The molecule has 1 aliphatic heterocycles. The third-order valence-corrected chi connectivity index (χ3v) is 6.68. The zero-order valence-electron chi connectivity index (χ0n) is 11.9. The summed E-state index contributed by atoms with van der Waals surface area (Å²) >= 11 is 0. The van der Waals surface area contributed by atoms with Crippen LogP contribution in [0.25, 0.3) is 0 Å². The van der Waals surface area contributed by atoms with Gasteiger partial charge in [0.05, 0.1) is 5.92 Å². The van der Waals surface area contributed by atoms with Crippen LogP contribution in [0.4, 0.5) is 0 Å². The van der Waals surface area contributed by atoms with Crippen LogP contribution in [0.5, 0.6) is 0 Å². The largest absolute Gasteiger partial charge is 0.431 e. The van der Waals surface area contributed by atoms with Gasteiger partial charge in [-0.3, -0.25) is 4.79 Å². The molecule has 5 fully saturated rings. The zero-order chi connectivity index (χ0) is 13.3. The summed E-state index contributed by atoms with van der Waals surface area (Å²) in [6, 6.07) is 0. The molecule has 3 atom stereocenters. The molecule has 0 aromatic carbocycles. The second kappa shape index (κ2) is 3.65. The van der Waals surface area contributed by atoms with E-state index in [9.17, 15) is 4.79 Å². The Labute approximate surface area is 115 Å². The zero-order valence-corrected chi connectivity index (χ0v) is 11.9. The normalized spacial score (nSPS) is 51.7. The summed E-state index contributed by atoms with van der Waals surface area (Å²) in [6.07, 6.45) is 10.2. The highest BCUT2D eigenvalue weighted by molar-refractivity contribution is 5.77. The first-order valence-corrected chi connectivity index (χ1v) is 7.94. The summed E-state index contributed by atoms with van der Waals surface area (Å²) in [5.74, 6) is 2.61. The Morgan fingerprint density at radius 2 is 1.95 bits per heavy atom. The van der Waals surface area contributed by atoms with Gasteiger partial charge in [-0.1, -0.05) is 19.9 Å². The van der Waals surface area contributed by atoms with E-state index in [1.807, 2.05) is 0 Å². The number of carbonyl (C=O) groups excluding carboxylic acids is 1. The van der Waals surface area contributed by atoms with Gasteiger partial charge in [0.15, 0.2) is 0 Å². The number of carbonyl (C=O) groups is 1. The van der Waals surface area contributed by atoms with Gasteiger partial charge in [-0.2, -0.15) is 0 Å². The van der Waals surface area contributed by atoms with Crippen molar-refractivity contribution >= 4 is 5.97 Å². The van der Waals surface area contributed by atoms with Crippen molar-refractivity contribution in [2.24, 2.45) is 28.6 Å². The Hall–Kier alpha value is -0.790. The van der Waals surface area contributed by atoms with Gasteiger partial charge in [0.1, 0.15) is 5.76 Å². The monoisotopic (exact) mass is 260 g/mol. The van der Waals surface area contributed by atoms with Crippen molar-refractivity contribution in [2.45, 2.75) is 58.3 Å². The molecule has 0 radical (unpaired) electrons. The fourth-order valence-electron chi connectivity index (χ4n) is 6.38. The Balaban J connectivity index is 1.71. The molecule has 4 saturated carbocycles. The predicted molar refractivity (Wildman–Crippen MR) is 73.2 cm³/mol. The smallest absolute Gasteiger partial charge is 0.315 e. The van der Waals surface area contributed by atoms with Gasteiger partial charge in [0.25, 0.3) is 0 Å². The van der Waals surface area contributed by atoms with Crippen LogP contribution in [0, 0.1) is 28.6 Å². The summed E-state index contributed by atoms with van der Waals surface area (Å²) in [7, 11) is 0. The van der Waals surface area contributed by atoms with Gasteiger partial charge in [-0.25, -0.2) is 0 Å². The highest BCUT2D eigenvalue weighted by atomic mass is 16.5. The summed E-state index contributed by atoms with van der Waals surface area (Å²) in [5.41, 5.74) is 0.810. The van der Waals surface area contributed by atoms with Gasteiger partial charge in [-0.15, -0.1) is 0 Å². The van der Waals surface area contributed by atoms with Crippen LogP contribution in [0.1, 0.15) is 58.3 Å². The lowest BCUT2D eigenvalue weighted by atomic mass is 9.41. The number of allylic oxidation sites excluding steroid dienone is 1. The predicted octanol–water partition coefficient (Wildman–Crippen LogP) is 4.06. The van der Waals surface area contributed by atoms with Crippen molar-refractivity contribution in [1.29, 1.82) is 0 Å². The van der Waals surface area contributed by atoms with Gasteiger partial charge in [0, 0.05) is 6.42 Å². The van der Waals surface area contributed by atoms with E-state index in [1.165, 1.54) is 44.9 Å². The van der Waals surface area contributed by atoms with Gasteiger partial charge in [0.2, 0.25) is 0 Å². The van der Waals surface area contributed by atoms with Gasteiger partial charge >= 0.3 is 5.97 Å². The lowest BCUT2D eigenvalue weighted by Gasteiger charge is -2.63. The molecule has 0 aromatic heterocycles. The van der Waals surface area contributed by atoms with E-state index in [2.05, 4.69) is 13.5 Å². The van der Waals surface area contributed by atoms with Crippen molar-refractivity contribution in [3.8, 4) is 0 Å². The molecule has 5 rings (SSSR count). The summed E-state index contributed by atoms with van der Waals surface area (Å²) < 4.78 is 5.30. The van der Waals surface area contributed by atoms with Gasteiger partial charge < -0.3 is 4.74 Å². The molecule has 2 heteroatoms. The lowest BCUT2D eigenvalue weighted by molar-refractivity contribution is -0.162. The molecule has 0 N–H and O–H groups in total. The second-order valence-electron chi connectivity index (χ2n) is 7.89. The second-order valence-corrected chi connectivity index (χ2v) is 7.89. The number of cyclic esters (lactones) is 1. The Bertz CT molecular complexity index is 436. The van der Waals surface area contributed by atoms with Gasteiger partial charge in [-0.05, 0) is 61.2 Å². The quantitative estimate of drug-likeness (QED) is 0.700. The average molecular weight is 260 g/mol. The molecule has 3 unspecified atom stereocenters. The molecular weight excluding hydrogens is 236 g/mol. The fourth-order valence-corrected chi connectivity index (χ4v) is 6.38. The van der Waals surface area contributed by atoms with Crippen molar-refractivity contribution < 1.29 is 9.53 Å². The maximum absolute atomic E-state index is 12.2. The van der Waals surface area contributed by atoms with Crippen LogP contribution in [0.3, 0.4) is 0 Å². The Morgan fingerprint density at radius 1 is 1.26 bits per heavy atom. The van der Waals surface area contributed by atoms with E-state index in [-0.39, 0.29) is 17.3 Å². The highest BCUT2D eigenvalue weighted by Crippen LogP contribution is 2.69. The molecular formula is C17H24O2. The van der Waals surface area contributed by atoms with E-state index in [0.717, 1.165) is 18.3 Å². The third-order valence-electron chi connectivity index (χ3n) is 6.68. The van der Waals surface area contributed by atoms with Crippen molar-refractivity contribution in [2.75, 3.05) is 0 Å². The van der Waals surface area contributed by atoms with Crippen molar-refractivity contribution in [1.82, 2.24) is 0 Å². The van der Waals surface area contributed by atoms with E-state index in [1.54, 1.807) is 0 Å². The number of esters is 1. The van der Waals surface area contributed by atoms with Crippen LogP contribution in [0.2, 0.25) is 0 Å². The minimum Gasteiger partial charge on any atom is -0.431 e. The summed E-state index contributed by atoms with van der Waals surface area (Å²) in [5, 5.41) is 0. The number of hydrogen-bond acceptors (Lipinski definition) is 2. The fraction of sp³-hybridized carbons (Fsp3) is 0.824. The minimum atomic E-state index is 0.0261. The van der Waals surface area contributed by atoms with E-state index >= 15 is 0 Å². The SMILES string of the molecule is C=C1CC(C23CC4CC(CC(CC)(C4)C2)C3)C(=O)O1. The summed E-state index contributed by atoms with van der Waals surface area (Å²) in [6.45, 7) is 6.23. The standard InChI is InChI=1S/C17H24O2/c1-3-16-6-12-5-13(7-16)9-17(8-12,10-16)14-4-11(2)19-15(14)18/h12-14H,2-10H2,1H3. The van der Waals surface area contributed by atoms with Crippen LogP contribution in [0.15, 0.2) is 12.3 Å². The first-order valence-electron chi connectivity index (χ1n) is 7.94. The topological polar surface area (TPSA) is 26.3 Å². The van der Waals surface area contributed by atoms with Crippen molar-refractivity contribution in [3.63, 3.8) is 0 Å². The maximum Gasteiger partial charge on any atom is 0.315 e. The first-order chi connectivity index (χ1) is 9.04. The third kappa shape index (κ3) is 1.58. The lowest BCUT2D eigenvalue weighted by Crippen LogP contribution is -2.55. The van der Waals surface area contributed by atoms with Crippen molar-refractivity contribution in [3.05, 3.63) is 12.3 Å². The van der Waals surface area contributed by atoms with Crippen LogP contribution in [-0.2, 0) is 9.53 Å². The maximum atomic E-state index is 12.2.